The Morgan fingerprint density at radius 1 is 1.42 bits per heavy atom. The van der Waals surface area contributed by atoms with Gasteiger partial charge in [-0.25, -0.2) is 4.79 Å². The van der Waals surface area contributed by atoms with Gasteiger partial charge in [0.25, 0.3) is 0 Å². The minimum Gasteiger partial charge on any atom is -0.459 e. The van der Waals surface area contributed by atoms with E-state index < -0.39 is 0 Å². The summed E-state index contributed by atoms with van der Waals surface area (Å²) >= 11 is 0. The third kappa shape index (κ3) is 1.52. The molecule has 0 saturated heterocycles. The van der Waals surface area contributed by atoms with Crippen molar-refractivity contribution >= 4 is 5.97 Å². The van der Waals surface area contributed by atoms with E-state index >= 15 is 0 Å². The average molecular weight is 166 g/mol. The fourth-order valence-corrected chi connectivity index (χ4v) is 1.57. The highest BCUT2D eigenvalue weighted by molar-refractivity contribution is 5.89. The van der Waals surface area contributed by atoms with Gasteiger partial charge in [-0.2, -0.15) is 0 Å². The van der Waals surface area contributed by atoms with Crippen LogP contribution in [0.5, 0.6) is 0 Å². The molecule has 0 spiro atoms. The highest BCUT2D eigenvalue weighted by atomic mass is 16.5. The Kier molecular flexibility index (Phi) is 2.15. The molecule has 0 N–H and O–H groups in total. The van der Waals surface area contributed by atoms with Gasteiger partial charge in [-0.1, -0.05) is 6.08 Å². The molecule has 0 bridgehead atoms. The zero-order valence-corrected chi connectivity index (χ0v) is 7.21. The Labute approximate surface area is 72.6 Å². The van der Waals surface area contributed by atoms with Crippen molar-refractivity contribution < 1.29 is 9.53 Å². The number of hydrogen-bond donors (Lipinski definition) is 0. The van der Waals surface area contributed by atoms with Gasteiger partial charge >= 0.3 is 5.97 Å². The number of rotatable bonds is 2. The molecule has 2 heteroatoms. The third-order valence-corrected chi connectivity index (χ3v) is 2.63. The molecule has 66 valence electrons. The summed E-state index contributed by atoms with van der Waals surface area (Å²) in [6, 6.07) is 0. The largest absolute Gasteiger partial charge is 0.459 e. The minimum atomic E-state index is -0.0581. The standard InChI is InChI=1S/C10H14O2/c11-10(8-4-1-2-5-8)12-9-6-3-7-9/h4,9H,1-3,5-7H2. The molecule has 1 saturated carbocycles. The number of hydrogen-bond acceptors (Lipinski definition) is 2. The molecule has 2 rings (SSSR count). The summed E-state index contributed by atoms with van der Waals surface area (Å²) < 4.78 is 5.26. The lowest BCUT2D eigenvalue weighted by Gasteiger charge is -2.25. The molecular formula is C10H14O2. The fourth-order valence-electron chi connectivity index (χ4n) is 1.57. The summed E-state index contributed by atoms with van der Waals surface area (Å²) in [6.45, 7) is 0. The van der Waals surface area contributed by atoms with E-state index in [0.29, 0.717) is 0 Å². The monoisotopic (exact) mass is 166 g/mol. The maximum atomic E-state index is 11.4. The second-order valence-electron chi connectivity index (χ2n) is 3.58. The molecule has 2 nitrogen and oxygen atoms in total. The van der Waals surface area contributed by atoms with Crippen molar-refractivity contribution in [3.63, 3.8) is 0 Å². The van der Waals surface area contributed by atoms with E-state index in [1.54, 1.807) is 0 Å². The smallest absolute Gasteiger partial charge is 0.333 e. The van der Waals surface area contributed by atoms with E-state index in [9.17, 15) is 4.79 Å². The van der Waals surface area contributed by atoms with Crippen LogP contribution in [0.1, 0.15) is 38.5 Å². The van der Waals surface area contributed by atoms with Crippen molar-refractivity contribution in [2.45, 2.75) is 44.6 Å². The van der Waals surface area contributed by atoms with E-state index in [0.717, 1.165) is 37.7 Å². The number of esters is 1. The molecule has 0 amide bonds. The topological polar surface area (TPSA) is 26.3 Å². The quantitative estimate of drug-likeness (QED) is 0.588. The molecule has 0 atom stereocenters. The van der Waals surface area contributed by atoms with Gasteiger partial charge < -0.3 is 4.74 Å². The van der Waals surface area contributed by atoms with Gasteiger partial charge in [0.1, 0.15) is 6.10 Å². The zero-order chi connectivity index (χ0) is 8.39. The number of ether oxygens (including phenoxy) is 1. The predicted molar refractivity (Wildman–Crippen MR) is 45.7 cm³/mol. The van der Waals surface area contributed by atoms with Crippen molar-refractivity contribution in [1.29, 1.82) is 0 Å². The molecule has 12 heavy (non-hydrogen) atoms. The van der Waals surface area contributed by atoms with Crippen LogP contribution in [0.3, 0.4) is 0 Å². The maximum absolute atomic E-state index is 11.4. The summed E-state index contributed by atoms with van der Waals surface area (Å²) in [6.07, 6.45) is 8.70. The zero-order valence-electron chi connectivity index (χ0n) is 7.21. The molecule has 0 aromatic heterocycles. The lowest BCUT2D eigenvalue weighted by Crippen LogP contribution is -2.25. The minimum absolute atomic E-state index is 0.0581. The van der Waals surface area contributed by atoms with Crippen LogP contribution in [0.2, 0.25) is 0 Å². The second kappa shape index (κ2) is 3.30. The van der Waals surface area contributed by atoms with Crippen molar-refractivity contribution in [3.05, 3.63) is 11.6 Å². The van der Waals surface area contributed by atoms with Crippen LogP contribution in [0.15, 0.2) is 11.6 Å². The molecule has 0 aromatic carbocycles. The first-order chi connectivity index (χ1) is 5.86. The van der Waals surface area contributed by atoms with Crippen molar-refractivity contribution in [1.82, 2.24) is 0 Å². The van der Waals surface area contributed by atoms with Crippen LogP contribution >= 0.6 is 0 Å². The number of carbonyl (C=O) groups excluding carboxylic acids is 1. The van der Waals surface area contributed by atoms with Crippen LogP contribution in [0.25, 0.3) is 0 Å². The van der Waals surface area contributed by atoms with Gasteiger partial charge in [-0.05, 0) is 38.5 Å². The van der Waals surface area contributed by atoms with Gasteiger partial charge in [0, 0.05) is 5.57 Å². The van der Waals surface area contributed by atoms with Crippen LogP contribution in [0.4, 0.5) is 0 Å². The first-order valence-corrected chi connectivity index (χ1v) is 4.76. The molecule has 0 unspecified atom stereocenters. The van der Waals surface area contributed by atoms with Crippen LogP contribution < -0.4 is 0 Å². The van der Waals surface area contributed by atoms with Crippen LogP contribution in [0, 0.1) is 0 Å². The lowest BCUT2D eigenvalue weighted by molar-refractivity contribution is -0.148. The van der Waals surface area contributed by atoms with Gasteiger partial charge in [-0.3, -0.25) is 0 Å². The van der Waals surface area contributed by atoms with E-state index in [-0.39, 0.29) is 12.1 Å². The van der Waals surface area contributed by atoms with Crippen molar-refractivity contribution in [2.75, 3.05) is 0 Å². The number of carbonyl (C=O) groups is 1. The molecular weight excluding hydrogens is 152 g/mol. The summed E-state index contributed by atoms with van der Waals surface area (Å²) in [5.74, 6) is -0.0581. The normalized spacial score (nSPS) is 23.2. The summed E-state index contributed by atoms with van der Waals surface area (Å²) in [5.41, 5.74) is 0.905. The Morgan fingerprint density at radius 2 is 2.25 bits per heavy atom. The molecule has 0 radical (unpaired) electrons. The molecule has 0 aromatic rings. The van der Waals surface area contributed by atoms with Crippen LogP contribution in [-0.4, -0.2) is 12.1 Å². The Hall–Kier alpha value is -0.790. The lowest BCUT2D eigenvalue weighted by atomic mass is 9.96. The van der Waals surface area contributed by atoms with E-state index in [4.69, 9.17) is 4.74 Å². The fraction of sp³-hybridized carbons (Fsp3) is 0.700. The van der Waals surface area contributed by atoms with Crippen molar-refractivity contribution in [3.8, 4) is 0 Å². The van der Waals surface area contributed by atoms with Gasteiger partial charge in [0.05, 0.1) is 0 Å². The maximum Gasteiger partial charge on any atom is 0.333 e. The predicted octanol–water partition coefficient (Wildman–Crippen LogP) is 2.19. The van der Waals surface area contributed by atoms with Crippen molar-refractivity contribution in [2.24, 2.45) is 0 Å². The molecule has 2 aliphatic rings. The van der Waals surface area contributed by atoms with Gasteiger partial charge in [-0.15, -0.1) is 0 Å². The summed E-state index contributed by atoms with van der Waals surface area (Å²) in [4.78, 5) is 11.4. The highest BCUT2D eigenvalue weighted by Gasteiger charge is 2.24. The second-order valence-corrected chi connectivity index (χ2v) is 3.58. The van der Waals surface area contributed by atoms with Gasteiger partial charge in [0.2, 0.25) is 0 Å². The SMILES string of the molecule is O=C(OC1CCC1)C1=CCCC1. The van der Waals surface area contributed by atoms with E-state index in [1.807, 2.05) is 6.08 Å². The highest BCUT2D eigenvalue weighted by Crippen LogP contribution is 2.25. The molecule has 1 fully saturated rings. The van der Waals surface area contributed by atoms with E-state index in [1.165, 1.54) is 6.42 Å². The van der Waals surface area contributed by atoms with E-state index in [2.05, 4.69) is 0 Å². The molecule has 2 aliphatic carbocycles. The molecule has 0 aliphatic heterocycles. The average Bonchev–Trinajstić information content (AvgIpc) is 2.47. The van der Waals surface area contributed by atoms with Gasteiger partial charge in [0.15, 0.2) is 0 Å². The Bertz CT molecular complexity index is 214. The number of allylic oxidation sites excluding steroid dienone is 1. The summed E-state index contributed by atoms with van der Waals surface area (Å²) in [5, 5.41) is 0. The Morgan fingerprint density at radius 3 is 2.75 bits per heavy atom. The Balaban J connectivity index is 1.82. The third-order valence-electron chi connectivity index (χ3n) is 2.63. The first-order valence-electron chi connectivity index (χ1n) is 4.76. The first kappa shape index (κ1) is 7.84. The summed E-state index contributed by atoms with van der Waals surface area (Å²) in [7, 11) is 0. The molecule has 0 heterocycles. The van der Waals surface area contributed by atoms with Crippen LogP contribution in [-0.2, 0) is 9.53 Å².